The van der Waals surface area contributed by atoms with Gasteiger partial charge in [-0.2, -0.15) is 0 Å². The second kappa shape index (κ2) is 7.49. The standard InChI is InChI=1S/C14H14Br2N2O2S/c1-2-17-11(13-8-10(15)14(16)21-13)7-9-5-3-4-6-12(9)18(19)20/h3-6,8,11,17H,2,7H2,1H3. The van der Waals surface area contributed by atoms with E-state index >= 15 is 0 Å². The number of benzene rings is 1. The fraction of sp³-hybridized carbons (Fsp3) is 0.286. The van der Waals surface area contributed by atoms with Gasteiger partial charge in [0.15, 0.2) is 0 Å². The van der Waals surface area contributed by atoms with Gasteiger partial charge in [-0.05, 0) is 50.9 Å². The molecule has 1 aromatic carbocycles. The van der Waals surface area contributed by atoms with Crippen molar-refractivity contribution in [3.05, 3.63) is 59.1 Å². The van der Waals surface area contributed by atoms with Crippen LogP contribution in [0.5, 0.6) is 0 Å². The lowest BCUT2D eigenvalue weighted by Gasteiger charge is -2.16. The molecule has 0 aliphatic rings. The van der Waals surface area contributed by atoms with Gasteiger partial charge < -0.3 is 5.32 Å². The zero-order valence-corrected chi connectivity index (χ0v) is 15.3. The molecule has 0 bridgehead atoms. The zero-order valence-electron chi connectivity index (χ0n) is 11.3. The normalized spacial score (nSPS) is 12.3. The molecule has 0 aliphatic carbocycles. The number of nitrogens with zero attached hydrogens (tertiary/aromatic N) is 1. The summed E-state index contributed by atoms with van der Waals surface area (Å²) in [6.07, 6.45) is 0.588. The van der Waals surface area contributed by atoms with Crippen molar-refractivity contribution < 1.29 is 4.92 Å². The Morgan fingerprint density at radius 3 is 2.67 bits per heavy atom. The number of hydrogen-bond acceptors (Lipinski definition) is 4. The maximum absolute atomic E-state index is 11.1. The van der Waals surface area contributed by atoms with E-state index < -0.39 is 0 Å². The highest BCUT2D eigenvalue weighted by Crippen LogP contribution is 2.37. The van der Waals surface area contributed by atoms with Crippen molar-refractivity contribution in [3.63, 3.8) is 0 Å². The number of nitrogens with one attached hydrogen (secondary N) is 1. The van der Waals surface area contributed by atoms with Crippen molar-refractivity contribution >= 4 is 48.9 Å². The molecular formula is C14H14Br2N2O2S. The Hall–Kier alpha value is -0.760. The predicted molar refractivity (Wildman–Crippen MR) is 92.9 cm³/mol. The number of nitro benzene ring substituents is 1. The van der Waals surface area contributed by atoms with Crippen LogP contribution < -0.4 is 5.32 Å². The monoisotopic (exact) mass is 432 g/mol. The number of para-hydroxylation sites is 1. The molecule has 4 nitrogen and oxygen atoms in total. The second-order valence-electron chi connectivity index (χ2n) is 4.47. The highest BCUT2D eigenvalue weighted by Gasteiger charge is 2.20. The lowest BCUT2D eigenvalue weighted by atomic mass is 10.0. The summed E-state index contributed by atoms with van der Waals surface area (Å²) in [5.74, 6) is 0. The summed E-state index contributed by atoms with van der Waals surface area (Å²) in [4.78, 5) is 12.0. The summed E-state index contributed by atoms with van der Waals surface area (Å²) in [5.41, 5.74) is 0.921. The summed E-state index contributed by atoms with van der Waals surface area (Å²) in [6.45, 7) is 2.84. The SMILES string of the molecule is CCNC(Cc1ccccc1[N+](=O)[O-])c1cc(Br)c(Br)s1. The van der Waals surface area contributed by atoms with Gasteiger partial charge in [-0.1, -0.05) is 25.1 Å². The van der Waals surface area contributed by atoms with Crippen LogP contribution in [0.25, 0.3) is 0 Å². The summed E-state index contributed by atoms with van der Waals surface area (Å²) in [5, 5.41) is 14.5. The maximum Gasteiger partial charge on any atom is 0.272 e. The molecular weight excluding hydrogens is 420 g/mol. The molecule has 0 radical (unpaired) electrons. The number of likely N-dealkylation sites (N-methyl/N-ethyl adjacent to an activating group) is 1. The third kappa shape index (κ3) is 4.12. The topological polar surface area (TPSA) is 55.2 Å². The van der Waals surface area contributed by atoms with Gasteiger partial charge in [0.05, 0.1) is 8.71 Å². The number of nitro groups is 1. The van der Waals surface area contributed by atoms with Gasteiger partial charge in [0.2, 0.25) is 0 Å². The number of hydrogen-bond donors (Lipinski definition) is 1. The van der Waals surface area contributed by atoms with Crippen LogP contribution in [0.3, 0.4) is 0 Å². The molecule has 1 heterocycles. The van der Waals surface area contributed by atoms with Crippen molar-refractivity contribution in [1.29, 1.82) is 0 Å². The second-order valence-corrected chi connectivity index (χ2v) is 7.73. The molecule has 0 saturated carbocycles. The molecule has 0 saturated heterocycles. The van der Waals surface area contributed by atoms with Gasteiger partial charge >= 0.3 is 0 Å². The molecule has 1 aromatic heterocycles. The minimum absolute atomic E-state index is 0.0590. The number of halogens is 2. The number of thiophene rings is 1. The smallest absolute Gasteiger partial charge is 0.272 e. The summed E-state index contributed by atoms with van der Waals surface area (Å²) < 4.78 is 2.04. The van der Waals surface area contributed by atoms with Gasteiger partial charge in [-0.15, -0.1) is 11.3 Å². The van der Waals surface area contributed by atoms with Crippen LogP contribution in [0.2, 0.25) is 0 Å². The van der Waals surface area contributed by atoms with E-state index in [1.54, 1.807) is 23.5 Å². The van der Waals surface area contributed by atoms with Crippen molar-refractivity contribution in [2.45, 2.75) is 19.4 Å². The fourth-order valence-electron chi connectivity index (χ4n) is 2.14. The molecule has 2 aromatic rings. The maximum atomic E-state index is 11.1. The Kier molecular flexibility index (Phi) is 5.92. The quantitative estimate of drug-likeness (QED) is 0.510. The average Bonchev–Trinajstić information content (AvgIpc) is 2.78. The molecule has 1 atom stereocenters. The van der Waals surface area contributed by atoms with Crippen molar-refractivity contribution in [1.82, 2.24) is 5.32 Å². The molecule has 7 heteroatoms. The first-order valence-electron chi connectivity index (χ1n) is 6.43. The Bertz CT molecular complexity index is 626. The van der Waals surface area contributed by atoms with Crippen LogP contribution in [-0.2, 0) is 6.42 Å². The van der Waals surface area contributed by atoms with Gasteiger partial charge in [-0.25, -0.2) is 0 Å². The molecule has 0 amide bonds. The third-order valence-corrected chi connectivity index (χ3v) is 6.44. The lowest BCUT2D eigenvalue weighted by molar-refractivity contribution is -0.385. The van der Waals surface area contributed by atoms with E-state index in [4.69, 9.17) is 0 Å². The first-order chi connectivity index (χ1) is 10.0. The lowest BCUT2D eigenvalue weighted by Crippen LogP contribution is -2.22. The summed E-state index contributed by atoms with van der Waals surface area (Å²) in [7, 11) is 0. The highest BCUT2D eigenvalue weighted by atomic mass is 79.9. The van der Waals surface area contributed by atoms with Gasteiger partial charge in [0.1, 0.15) is 0 Å². The summed E-state index contributed by atoms with van der Waals surface area (Å²) in [6, 6.07) is 9.02. The predicted octanol–water partition coefficient (Wildman–Crippen LogP) is 5.07. The summed E-state index contributed by atoms with van der Waals surface area (Å²) >= 11 is 8.61. The van der Waals surface area contributed by atoms with Crippen LogP contribution in [0.4, 0.5) is 5.69 Å². The highest BCUT2D eigenvalue weighted by molar-refractivity contribution is 9.13. The Labute approximate surface area is 144 Å². The zero-order chi connectivity index (χ0) is 15.4. The van der Waals surface area contributed by atoms with Gasteiger partial charge in [0, 0.05) is 27.0 Å². The average molecular weight is 434 g/mol. The Morgan fingerprint density at radius 1 is 1.38 bits per heavy atom. The molecule has 112 valence electrons. The molecule has 21 heavy (non-hydrogen) atoms. The third-order valence-electron chi connectivity index (χ3n) is 3.07. The molecule has 0 spiro atoms. The van der Waals surface area contributed by atoms with Crippen molar-refractivity contribution in [2.24, 2.45) is 0 Å². The Morgan fingerprint density at radius 2 is 2.10 bits per heavy atom. The van der Waals surface area contributed by atoms with E-state index in [2.05, 4.69) is 43.2 Å². The fourth-order valence-corrected chi connectivity index (χ4v) is 4.30. The molecule has 1 N–H and O–H groups in total. The first-order valence-corrected chi connectivity index (χ1v) is 8.83. The molecule has 2 rings (SSSR count). The van der Waals surface area contributed by atoms with Gasteiger partial charge in [0.25, 0.3) is 5.69 Å². The van der Waals surface area contributed by atoms with E-state index in [0.717, 1.165) is 25.2 Å². The van der Waals surface area contributed by atoms with Crippen LogP contribution in [0, 0.1) is 10.1 Å². The van der Waals surface area contributed by atoms with Crippen molar-refractivity contribution in [3.8, 4) is 0 Å². The van der Waals surface area contributed by atoms with E-state index in [9.17, 15) is 10.1 Å². The van der Waals surface area contributed by atoms with E-state index in [1.165, 1.54) is 0 Å². The van der Waals surface area contributed by atoms with Crippen LogP contribution in [-0.4, -0.2) is 11.5 Å². The van der Waals surface area contributed by atoms with Crippen LogP contribution >= 0.6 is 43.2 Å². The first kappa shape index (κ1) is 16.6. The van der Waals surface area contributed by atoms with E-state index in [1.807, 2.05) is 19.1 Å². The number of rotatable bonds is 6. The molecule has 1 unspecified atom stereocenters. The largest absolute Gasteiger partial charge is 0.309 e. The van der Waals surface area contributed by atoms with E-state index in [-0.39, 0.29) is 16.7 Å². The van der Waals surface area contributed by atoms with Gasteiger partial charge in [-0.3, -0.25) is 10.1 Å². The van der Waals surface area contributed by atoms with Crippen LogP contribution in [0.15, 0.2) is 38.6 Å². The molecule has 0 fully saturated rings. The Balaban J connectivity index is 2.30. The molecule has 0 aliphatic heterocycles. The minimum atomic E-state index is -0.321. The van der Waals surface area contributed by atoms with E-state index in [0.29, 0.717) is 6.42 Å². The minimum Gasteiger partial charge on any atom is -0.309 e. The van der Waals surface area contributed by atoms with Crippen molar-refractivity contribution in [2.75, 3.05) is 6.54 Å². The van der Waals surface area contributed by atoms with Crippen LogP contribution in [0.1, 0.15) is 23.4 Å².